The van der Waals surface area contributed by atoms with Crippen molar-refractivity contribution in [2.45, 2.75) is 57.8 Å². The van der Waals surface area contributed by atoms with Crippen LogP contribution < -0.4 is 9.47 Å². The van der Waals surface area contributed by atoms with E-state index in [2.05, 4.69) is 28.5 Å². The molecule has 0 amide bonds. The number of likely N-dealkylation sites (tertiary alicyclic amines) is 1. The van der Waals surface area contributed by atoms with Crippen LogP contribution in [0.15, 0.2) is 12.1 Å². The van der Waals surface area contributed by atoms with E-state index in [0.29, 0.717) is 34.6 Å². The van der Waals surface area contributed by atoms with Gasteiger partial charge in [0, 0.05) is 50.9 Å². The number of hydrogen-bond donors (Lipinski definition) is 1. The van der Waals surface area contributed by atoms with Crippen LogP contribution in [0.1, 0.15) is 38.7 Å². The van der Waals surface area contributed by atoms with Gasteiger partial charge in [-0.25, -0.2) is 0 Å². The Morgan fingerprint density at radius 2 is 1.83 bits per heavy atom. The van der Waals surface area contributed by atoms with Crippen molar-refractivity contribution in [2.24, 2.45) is 0 Å². The number of ether oxygens (including phenoxy) is 2. The molecule has 0 saturated carbocycles. The first-order valence-corrected chi connectivity index (χ1v) is 11.6. The van der Waals surface area contributed by atoms with Crippen LogP contribution >= 0.6 is 11.6 Å². The van der Waals surface area contributed by atoms with Crippen molar-refractivity contribution in [3.8, 4) is 11.5 Å². The van der Waals surface area contributed by atoms with Gasteiger partial charge in [0.2, 0.25) is 0 Å². The Kier molecular flexibility index (Phi) is 8.66. The van der Waals surface area contributed by atoms with Crippen LogP contribution in [-0.2, 0) is 6.54 Å². The molecule has 2 saturated heterocycles. The van der Waals surface area contributed by atoms with Crippen molar-refractivity contribution in [2.75, 3.05) is 53.6 Å². The Morgan fingerprint density at radius 1 is 1.10 bits per heavy atom. The van der Waals surface area contributed by atoms with Gasteiger partial charge < -0.3 is 19.5 Å². The molecule has 2 aliphatic rings. The van der Waals surface area contributed by atoms with Gasteiger partial charge in [-0.15, -0.1) is 0 Å². The number of nitrogens with zero attached hydrogens (tertiary/aromatic N) is 3. The zero-order chi connectivity index (χ0) is 21.7. The minimum atomic E-state index is 0.233. The standard InChI is InChI=1S/C23H38ClN3O3/c1-17(2)26-10-7-19(8-11-26)27-13-12-25(16-20(27)9-14-28)15-18-5-6-21(29-3)23(30-4)22(18)24/h5-6,17,19-20,28H,7-16H2,1-4H3/t20-/m0/s1. The minimum Gasteiger partial charge on any atom is -0.493 e. The van der Waals surface area contributed by atoms with E-state index in [4.69, 9.17) is 21.1 Å². The molecule has 0 bridgehead atoms. The monoisotopic (exact) mass is 439 g/mol. The summed E-state index contributed by atoms with van der Waals surface area (Å²) in [5.74, 6) is 1.25. The molecule has 0 aliphatic carbocycles. The molecular formula is C23H38ClN3O3. The molecule has 1 aromatic rings. The molecule has 2 fully saturated rings. The predicted molar refractivity (Wildman–Crippen MR) is 122 cm³/mol. The number of aliphatic hydroxyl groups is 1. The van der Waals surface area contributed by atoms with Gasteiger partial charge in [0.05, 0.1) is 19.2 Å². The maximum atomic E-state index is 9.69. The van der Waals surface area contributed by atoms with E-state index >= 15 is 0 Å². The molecule has 1 atom stereocenters. The van der Waals surface area contributed by atoms with Gasteiger partial charge in [-0.1, -0.05) is 17.7 Å². The molecule has 2 aliphatic heterocycles. The third-order valence-electron chi connectivity index (χ3n) is 6.73. The summed E-state index contributed by atoms with van der Waals surface area (Å²) in [6.45, 7) is 10.9. The summed E-state index contributed by atoms with van der Waals surface area (Å²) in [5, 5.41) is 10.3. The number of aliphatic hydroxyl groups excluding tert-OH is 1. The molecule has 170 valence electrons. The lowest BCUT2D eigenvalue weighted by Gasteiger charge is -2.48. The number of rotatable bonds is 8. The highest BCUT2D eigenvalue weighted by Gasteiger charge is 2.34. The van der Waals surface area contributed by atoms with E-state index < -0.39 is 0 Å². The Balaban J connectivity index is 1.64. The molecule has 0 radical (unpaired) electrons. The third-order valence-corrected chi connectivity index (χ3v) is 7.15. The fourth-order valence-corrected chi connectivity index (χ4v) is 5.28. The van der Waals surface area contributed by atoms with Crippen molar-refractivity contribution in [3.63, 3.8) is 0 Å². The smallest absolute Gasteiger partial charge is 0.179 e. The maximum absolute atomic E-state index is 9.69. The fraction of sp³-hybridized carbons (Fsp3) is 0.739. The molecule has 0 spiro atoms. The number of piperidine rings is 1. The van der Waals surface area contributed by atoms with Gasteiger partial charge in [0.25, 0.3) is 0 Å². The van der Waals surface area contributed by atoms with Crippen molar-refractivity contribution in [3.05, 3.63) is 22.7 Å². The van der Waals surface area contributed by atoms with Gasteiger partial charge >= 0.3 is 0 Å². The van der Waals surface area contributed by atoms with E-state index in [1.807, 2.05) is 12.1 Å². The van der Waals surface area contributed by atoms with Gasteiger partial charge in [-0.3, -0.25) is 9.80 Å². The Morgan fingerprint density at radius 3 is 2.43 bits per heavy atom. The molecule has 1 aromatic carbocycles. The number of benzene rings is 1. The van der Waals surface area contributed by atoms with E-state index in [1.165, 1.54) is 25.9 Å². The zero-order valence-electron chi connectivity index (χ0n) is 18.9. The van der Waals surface area contributed by atoms with Crippen molar-refractivity contribution >= 4 is 11.6 Å². The lowest BCUT2D eigenvalue weighted by molar-refractivity contribution is -0.0000378. The van der Waals surface area contributed by atoms with Crippen LogP contribution in [0.2, 0.25) is 5.02 Å². The fourth-order valence-electron chi connectivity index (χ4n) is 4.99. The molecule has 0 unspecified atom stereocenters. The van der Waals surface area contributed by atoms with Crippen molar-refractivity contribution in [1.82, 2.24) is 14.7 Å². The highest BCUT2D eigenvalue weighted by molar-refractivity contribution is 6.33. The first-order chi connectivity index (χ1) is 14.5. The number of halogens is 1. The van der Waals surface area contributed by atoms with Crippen molar-refractivity contribution in [1.29, 1.82) is 0 Å². The lowest BCUT2D eigenvalue weighted by Crippen LogP contribution is -2.58. The Hall–Kier alpha value is -1.05. The van der Waals surface area contributed by atoms with E-state index in [-0.39, 0.29) is 6.61 Å². The minimum absolute atomic E-state index is 0.233. The lowest BCUT2D eigenvalue weighted by atomic mass is 9.97. The highest BCUT2D eigenvalue weighted by atomic mass is 35.5. The molecular weight excluding hydrogens is 402 g/mol. The van der Waals surface area contributed by atoms with Crippen LogP contribution in [0.5, 0.6) is 11.5 Å². The third kappa shape index (κ3) is 5.40. The van der Waals surface area contributed by atoms with Crippen LogP contribution in [-0.4, -0.2) is 91.5 Å². The molecule has 6 nitrogen and oxygen atoms in total. The van der Waals surface area contributed by atoms with E-state index in [9.17, 15) is 5.11 Å². The zero-order valence-corrected chi connectivity index (χ0v) is 19.7. The van der Waals surface area contributed by atoms with Crippen molar-refractivity contribution < 1.29 is 14.6 Å². The maximum Gasteiger partial charge on any atom is 0.179 e. The normalized spacial score (nSPS) is 22.6. The SMILES string of the molecule is COc1ccc(CN2CCN(C3CCN(C(C)C)CC3)[C@@H](CCO)C2)c(Cl)c1OC. The quantitative estimate of drug-likeness (QED) is 0.671. The topological polar surface area (TPSA) is 48.4 Å². The summed E-state index contributed by atoms with van der Waals surface area (Å²) in [6, 6.07) is 5.59. The first-order valence-electron chi connectivity index (χ1n) is 11.2. The largest absolute Gasteiger partial charge is 0.493 e. The Labute approximate surface area is 186 Å². The van der Waals surface area contributed by atoms with Crippen LogP contribution in [0.4, 0.5) is 0 Å². The number of methoxy groups -OCH3 is 2. The predicted octanol–water partition coefficient (Wildman–Crippen LogP) is 3.10. The highest BCUT2D eigenvalue weighted by Crippen LogP contribution is 2.38. The summed E-state index contributed by atoms with van der Waals surface area (Å²) >= 11 is 6.61. The summed E-state index contributed by atoms with van der Waals surface area (Å²) < 4.78 is 10.8. The van der Waals surface area contributed by atoms with E-state index in [1.54, 1.807) is 14.2 Å². The van der Waals surface area contributed by atoms with Crippen LogP contribution in [0, 0.1) is 0 Å². The second-order valence-corrected chi connectivity index (χ2v) is 9.15. The van der Waals surface area contributed by atoms with Crippen LogP contribution in [0.3, 0.4) is 0 Å². The van der Waals surface area contributed by atoms with Gasteiger partial charge in [-0.05, 0) is 57.8 Å². The average molecular weight is 440 g/mol. The molecule has 2 heterocycles. The first kappa shape index (κ1) is 23.6. The van der Waals surface area contributed by atoms with Crippen LogP contribution in [0.25, 0.3) is 0 Å². The van der Waals surface area contributed by atoms with Gasteiger partial charge in [0.1, 0.15) is 0 Å². The summed E-state index contributed by atoms with van der Waals surface area (Å²) in [5.41, 5.74) is 1.05. The molecule has 0 aromatic heterocycles. The summed E-state index contributed by atoms with van der Waals surface area (Å²) in [6.07, 6.45) is 3.27. The summed E-state index contributed by atoms with van der Waals surface area (Å²) in [4.78, 5) is 7.70. The molecule has 30 heavy (non-hydrogen) atoms. The van der Waals surface area contributed by atoms with E-state index in [0.717, 1.165) is 38.2 Å². The summed E-state index contributed by atoms with van der Waals surface area (Å²) in [7, 11) is 3.24. The van der Waals surface area contributed by atoms with Gasteiger partial charge in [0.15, 0.2) is 11.5 Å². The molecule has 3 rings (SSSR count). The Bertz CT molecular complexity index is 680. The molecule has 7 heteroatoms. The molecule has 1 N–H and O–H groups in total. The second kappa shape index (κ2) is 11.0. The second-order valence-electron chi connectivity index (χ2n) is 8.77. The average Bonchev–Trinajstić information content (AvgIpc) is 2.75. The number of piperazine rings is 1. The van der Waals surface area contributed by atoms with Gasteiger partial charge in [-0.2, -0.15) is 0 Å². The number of hydrogen-bond acceptors (Lipinski definition) is 6.